The van der Waals surface area contributed by atoms with Crippen LogP contribution >= 0.6 is 0 Å². The summed E-state index contributed by atoms with van der Waals surface area (Å²) in [6.45, 7) is 6.17. The molecule has 0 aliphatic carbocycles. The van der Waals surface area contributed by atoms with Gasteiger partial charge in [-0.15, -0.1) is 0 Å². The van der Waals surface area contributed by atoms with Gasteiger partial charge >= 0.3 is 5.91 Å². The van der Waals surface area contributed by atoms with Gasteiger partial charge in [0.15, 0.2) is 5.76 Å². The van der Waals surface area contributed by atoms with Gasteiger partial charge in [0.1, 0.15) is 5.58 Å². The lowest BCUT2D eigenvalue weighted by atomic mass is 10.1. The molecule has 3 aromatic carbocycles. The quantitative estimate of drug-likeness (QED) is 0.283. The Bertz CT molecular complexity index is 1490. The van der Waals surface area contributed by atoms with Crippen molar-refractivity contribution in [2.45, 2.75) is 20.8 Å². The Kier molecular flexibility index (Phi) is 4.86. The number of nitrogens with zero attached hydrogens (tertiary/aromatic N) is 2. The Hall–Kier alpha value is -4.12. The molecule has 0 fully saturated rings. The smallest absolute Gasteiger partial charge is 0.307 e. The van der Waals surface area contributed by atoms with Crippen molar-refractivity contribution >= 4 is 33.9 Å². The fourth-order valence-corrected chi connectivity index (χ4v) is 4.13. The normalized spacial score (nSPS) is 11.6. The van der Waals surface area contributed by atoms with Crippen LogP contribution in [0.25, 0.3) is 27.4 Å². The number of carbonyl (C=O) groups is 1. The fraction of sp³-hybridized carbons (Fsp3) is 0.111. The van der Waals surface area contributed by atoms with Crippen molar-refractivity contribution in [2.75, 3.05) is 0 Å². The van der Waals surface area contributed by atoms with E-state index in [4.69, 9.17) is 4.42 Å². The van der Waals surface area contributed by atoms with Crippen molar-refractivity contribution in [3.63, 3.8) is 0 Å². The minimum Gasteiger partial charge on any atom is -0.451 e. The van der Waals surface area contributed by atoms with E-state index >= 15 is 0 Å². The number of hydrogen-bond donors (Lipinski definition) is 1. The summed E-state index contributed by atoms with van der Waals surface area (Å²) in [6, 6.07) is 24.1. The number of rotatable bonds is 4. The van der Waals surface area contributed by atoms with E-state index in [0.29, 0.717) is 5.58 Å². The molecule has 0 radical (unpaired) electrons. The second-order valence-corrected chi connectivity index (χ2v) is 8.01. The number of carbonyl (C=O) groups excluding carboxylic acids is 1. The van der Waals surface area contributed by atoms with Crippen molar-refractivity contribution in [3.05, 3.63) is 101 Å². The first kappa shape index (κ1) is 19.8. The second kappa shape index (κ2) is 7.85. The second-order valence-electron chi connectivity index (χ2n) is 8.01. The predicted molar refractivity (Wildman–Crippen MR) is 129 cm³/mol. The first-order valence-electron chi connectivity index (χ1n) is 10.5. The van der Waals surface area contributed by atoms with Gasteiger partial charge in [0, 0.05) is 28.0 Å². The first-order chi connectivity index (χ1) is 15.5. The Labute approximate surface area is 186 Å². The van der Waals surface area contributed by atoms with Gasteiger partial charge in [0.05, 0.1) is 6.21 Å². The zero-order valence-corrected chi connectivity index (χ0v) is 18.2. The van der Waals surface area contributed by atoms with Crippen LogP contribution in [0.2, 0.25) is 0 Å². The SMILES string of the molecule is Cc1ccc(-n2c(C)cc(/C=N/NC(=O)c3cc4c(ccc5ccccc54)o3)c2C)cc1. The van der Waals surface area contributed by atoms with Crippen LogP contribution in [-0.4, -0.2) is 16.7 Å². The molecule has 0 atom stereocenters. The lowest BCUT2D eigenvalue weighted by molar-refractivity contribution is 0.0929. The third-order valence-electron chi connectivity index (χ3n) is 5.78. The van der Waals surface area contributed by atoms with E-state index in [1.54, 1.807) is 12.3 Å². The van der Waals surface area contributed by atoms with E-state index in [1.165, 1.54) is 5.56 Å². The molecule has 0 aliphatic rings. The van der Waals surface area contributed by atoms with Crippen LogP contribution in [0.15, 0.2) is 82.3 Å². The molecule has 2 aromatic heterocycles. The minimum absolute atomic E-state index is 0.235. The summed E-state index contributed by atoms with van der Waals surface area (Å²) in [7, 11) is 0. The Balaban J connectivity index is 1.37. The van der Waals surface area contributed by atoms with Crippen LogP contribution in [0, 0.1) is 20.8 Å². The summed E-state index contributed by atoms with van der Waals surface area (Å²) < 4.78 is 7.94. The van der Waals surface area contributed by atoms with E-state index in [9.17, 15) is 4.79 Å². The van der Waals surface area contributed by atoms with Crippen LogP contribution in [0.1, 0.15) is 33.1 Å². The summed E-state index contributed by atoms with van der Waals surface area (Å²) in [5.74, 6) is -0.146. The maximum absolute atomic E-state index is 12.6. The molecular formula is C27H23N3O2. The Morgan fingerprint density at radius 2 is 1.72 bits per heavy atom. The monoisotopic (exact) mass is 421 g/mol. The molecule has 0 bridgehead atoms. The predicted octanol–water partition coefficient (Wildman–Crippen LogP) is 6.07. The highest BCUT2D eigenvalue weighted by atomic mass is 16.3. The summed E-state index contributed by atoms with van der Waals surface area (Å²) in [5.41, 5.74) is 8.69. The molecule has 1 amide bonds. The van der Waals surface area contributed by atoms with Gasteiger partial charge in [-0.05, 0) is 61.9 Å². The van der Waals surface area contributed by atoms with Crippen molar-refractivity contribution in [3.8, 4) is 5.69 Å². The number of benzene rings is 3. The van der Waals surface area contributed by atoms with Gasteiger partial charge in [-0.3, -0.25) is 4.79 Å². The van der Waals surface area contributed by atoms with Gasteiger partial charge in [-0.2, -0.15) is 5.10 Å². The lowest BCUT2D eigenvalue weighted by Crippen LogP contribution is -2.16. The van der Waals surface area contributed by atoms with E-state index in [0.717, 1.165) is 38.8 Å². The summed E-state index contributed by atoms with van der Waals surface area (Å²) in [6.07, 6.45) is 1.67. The molecule has 0 unspecified atom stereocenters. The Morgan fingerprint density at radius 3 is 2.53 bits per heavy atom. The molecule has 5 heteroatoms. The Morgan fingerprint density at radius 1 is 0.938 bits per heavy atom. The number of nitrogens with one attached hydrogen (secondary N) is 1. The number of fused-ring (bicyclic) bond motifs is 3. The highest BCUT2D eigenvalue weighted by Crippen LogP contribution is 2.28. The molecule has 0 saturated heterocycles. The maximum Gasteiger partial charge on any atom is 0.307 e. The summed E-state index contributed by atoms with van der Waals surface area (Å²) >= 11 is 0. The van der Waals surface area contributed by atoms with Gasteiger partial charge in [0.25, 0.3) is 0 Å². The fourth-order valence-electron chi connectivity index (χ4n) is 4.13. The molecule has 5 rings (SSSR count). The highest BCUT2D eigenvalue weighted by Gasteiger charge is 2.14. The minimum atomic E-state index is -0.381. The molecule has 32 heavy (non-hydrogen) atoms. The largest absolute Gasteiger partial charge is 0.451 e. The molecular weight excluding hydrogens is 398 g/mol. The standard InChI is InChI=1S/C27H23N3O2/c1-17-8-11-22(12-9-17)30-18(2)14-21(19(30)3)16-28-29-27(31)26-15-24-23-7-5-4-6-20(23)10-13-25(24)32-26/h4-16H,1-3H3,(H,29,31)/b28-16+. The van der Waals surface area contributed by atoms with Crippen molar-refractivity contribution in [1.82, 2.24) is 9.99 Å². The van der Waals surface area contributed by atoms with E-state index < -0.39 is 0 Å². The number of hydrogen-bond acceptors (Lipinski definition) is 3. The topological polar surface area (TPSA) is 59.5 Å². The number of aryl methyl sites for hydroxylation is 2. The number of furan rings is 1. The van der Waals surface area contributed by atoms with Crippen LogP contribution in [-0.2, 0) is 0 Å². The van der Waals surface area contributed by atoms with E-state index in [-0.39, 0.29) is 11.7 Å². The van der Waals surface area contributed by atoms with Gasteiger partial charge in [-0.1, -0.05) is 48.0 Å². The van der Waals surface area contributed by atoms with Gasteiger partial charge < -0.3 is 8.98 Å². The van der Waals surface area contributed by atoms with Gasteiger partial charge in [0.2, 0.25) is 0 Å². The molecule has 5 aromatic rings. The third kappa shape index (κ3) is 3.48. The first-order valence-corrected chi connectivity index (χ1v) is 10.5. The van der Waals surface area contributed by atoms with E-state index in [2.05, 4.69) is 59.3 Å². The number of aromatic nitrogens is 1. The van der Waals surface area contributed by atoms with Crippen molar-refractivity contribution in [2.24, 2.45) is 5.10 Å². The molecule has 2 heterocycles. The molecule has 0 saturated carbocycles. The molecule has 5 nitrogen and oxygen atoms in total. The van der Waals surface area contributed by atoms with E-state index in [1.807, 2.05) is 43.3 Å². The molecule has 158 valence electrons. The average Bonchev–Trinajstić information content (AvgIpc) is 3.36. The number of amides is 1. The van der Waals surface area contributed by atoms with Crippen LogP contribution in [0.3, 0.4) is 0 Å². The van der Waals surface area contributed by atoms with Crippen LogP contribution < -0.4 is 5.43 Å². The van der Waals surface area contributed by atoms with Crippen LogP contribution in [0.4, 0.5) is 0 Å². The lowest BCUT2D eigenvalue weighted by Gasteiger charge is -2.09. The molecule has 0 spiro atoms. The summed E-state index contributed by atoms with van der Waals surface area (Å²) in [4.78, 5) is 12.6. The van der Waals surface area contributed by atoms with Crippen molar-refractivity contribution < 1.29 is 9.21 Å². The highest BCUT2D eigenvalue weighted by molar-refractivity contribution is 6.08. The van der Waals surface area contributed by atoms with Crippen LogP contribution in [0.5, 0.6) is 0 Å². The number of hydrazone groups is 1. The summed E-state index contributed by atoms with van der Waals surface area (Å²) in [5, 5.41) is 7.25. The van der Waals surface area contributed by atoms with Crippen molar-refractivity contribution in [1.29, 1.82) is 0 Å². The zero-order chi connectivity index (χ0) is 22.2. The third-order valence-corrected chi connectivity index (χ3v) is 5.78. The maximum atomic E-state index is 12.6. The average molecular weight is 422 g/mol. The molecule has 1 N–H and O–H groups in total. The zero-order valence-electron chi connectivity index (χ0n) is 18.2. The van der Waals surface area contributed by atoms with Gasteiger partial charge in [-0.25, -0.2) is 5.43 Å². The molecule has 0 aliphatic heterocycles.